The summed E-state index contributed by atoms with van der Waals surface area (Å²) in [6.45, 7) is 3.17. The number of thioether (sulfide) groups is 1. The number of hydrogen-bond acceptors (Lipinski definition) is 7. The van der Waals surface area contributed by atoms with Gasteiger partial charge in [0, 0.05) is 25.2 Å². The van der Waals surface area contributed by atoms with E-state index in [9.17, 15) is 14.4 Å². The Kier molecular flexibility index (Phi) is 7.01. The van der Waals surface area contributed by atoms with Crippen LogP contribution in [0.1, 0.15) is 23.7 Å². The molecule has 3 rings (SSSR count). The number of ether oxygens (including phenoxy) is 1. The fourth-order valence-corrected chi connectivity index (χ4v) is 4.17. The van der Waals surface area contributed by atoms with Gasteiger partial charge in [0.15, 0.2) is 10.9 Å². The number of carbonyl (C=O) groups excluding carboxylic acids is 1. The highest BCUT2D eigenvalue weighted by Crippen LogP contribution is 2.27. The number of Topliss-reactive ketones (excluding diaryl/α,β-unsaturated/α-hetero) is 1. The topological polar surface area (TPSA) is 125 Å². The second-order valence-corrected chi connectivity index (χ2v) is 7.93. The van der Waals surface area contributed by atoms with Gasteiger partial charge in [0.2, 0.25) is 0 Å². The number of rotatable bonds is 9. The predicted octanol–water partition coefficient (Wildman–Crippen LogP) is 2.15. The zero-order chi connectivity index (χ0) is 21.8. The number of anilines is 1. The minimum atomic E-state index is -0.782. The van der Waals surface area contributed by atoms with Gasteiger partial charge < -0.3 is 15.0 Å². The van der Waals surface area contributed by atoms with E-state index < -0.39 is 17.0 Å². The van der Waals surface area contributed by atoms with E-state index in [2.05, 4.69) is 9.97 Å². The molecule has 3 aromatic rings. The van der Waals surface area contributed by atoms with E-state index in [-0.39, 0.29) is 17.1 Å². The number of benzene rings is 1. The summed E-state index contributed by atoms with van der Waals surface area (Å²) in [4.78, 5) is 43.7. The van der Waals surface area contributed by atoms with Gasteiger partial charge in [-0.1, -0.05) is 30.3 Å². The molecule has 0 radical (unpaired) electrons. The molecule has 0 spiro atoms. The van der Waals surface area contributed by atoms with Crippen LogP contribution in [-0.2, 0) is 17.8 Å². The summed E-state index contributed by atoms with van der Waals surface area (Å²) in [5, 5.41) is 1.15. The Balaban J connectivity index is 1.91. The number of nitrogens with zero attached hydrogens (tertiary/aromatic N) is 3. The van der Waals surface area contributed by atoms with Gasteiger partial charge in [0.05, 0.1) is 23.4 Å². The summed E-state index contributed by atoms with van der Waals surface area (Å²) >= 11 is 7.25. The van der Waals surface area contributed by atoms with Crippen LogP contribution < -0.4 is 17.0 Å². The predicted molar refractivity (Wildman–Crippen MR) is 118 cm³/mol. The first kappa shape index (κ1) is 22.1. The second-order valence-electron chi connectivity index (χ2n) is 6.55. The summed E-state index contributed by atoms with van der Waals surface area (Å²) in [6, 6.07) is 5.37. The molecule has 0 saturated carbocycles. The third-order valence-electron chi connectivity index (χ3n) is 4.49. The minimum absolute atomic E-state index is 0.0678. The normalized spacial score (nSPS) is 11.3. The maximum absolute atomic E-state index is 12.8. The number of carbonyl (C=O) groups is 1. The molecule has 0 saturated heterocycles. The van der Waals surface area contributed by atoms with Crippen molar-refractivity contribution in [2.75, 3.05) is 25.2 Å². The van der Waals surface area contributed by atoms with Gasteiger partial charge in [0.1, 0.15) is 11.4 Å². The van der Waals surface area contributed by atoms with Crippen LogP contribution in [0.4, 0.5) is 5.82 Å². The van der Waals surface area contributed by atoms with Gasteiger partial charge in [-0.05, 0) is 24.6 Å². The number of aromatic nitrogens is 4. The molecule has 0 aliphatic rings. The number of methoxy groups -OCH3 is 1. The van der Waals surface area contributed by atoms with Crippen molar-refractivity contribution in [2.45, 2.75) is 31.6 Å². The number of hydrogen-bond donors (Lipinski definition) is 2. The molecule has 30 heavy (non-hydrogen) atoms. The average Bonchev–Trinajstić information content (AvgIpc) is 3.04. The fourth-order valence-electron chi connectivity index (χ4n) is 3.09. The first-order chi connectivity index (χ1) is 14.4. The van der Waals surface area contributed by atoms with Gasteiger partial charge in [0.25, 0.3) is 5.56 Å². The van der Waals surface area contributed by atoms with E-state index in [1.165, 1.54) is 16.3 Å². The van der Waals surface area contributed by atoms with Gasteiger partial charge >= 0.3 is 5.69 Å². The van der Waals surface area contributed by atoms with Crippen molar-refractivity contribution >= 4 is 46.0 Å². The third kappa shape index (κ3) is 4.45. The van der Waals surface area contributed by atoms with Crippen molar-refractivity contribution in [1.82, 2.24) is 19.1 Å². The fraction of sp³-hybridized carbons (Fsp3) is 0.368. The van der Waals surface area contributed by atoms with Crippen molar-refractivity contribution in [1.29, 1.82) is 0 Å². The zero-order valence-electron chi connectivity index (χ0n) is 16.6. The SMILES string of the molecule is CCCn1c(N)c(C(=O)CSc2nc3cc(Cl)ccc3n2CCOC)c(=O)[nH]c1=O. The Labute approximate surface area is 181 Å². The molecule has 0 fully saturated rings. The van der Waals surface area contributed by atoms with Crippen LogP contribution in [0.25, 0.3) is 11.0 Å². The molecular weight excluding hydrogens is 430 g/mol. The minimum Gasteiger partial charge on any atom is -0.384 e. The van der Waals surface area contributed by atoms with E-state index in [4.69, 9.17) is 22.1 Å². The first-order valence-electron chi connectivity index (χ1n) is 9.30. The highest BCUT2D eigenvalue weighted by molar-refractivity contribution is 7.99. The monoisotopic (exact) mass is 451 g/mol. The summed E-state index contributed by atoms with van der Waals surface area (Å²) in [6.07, 6.45) is 0.630. The number of halogens is 1. The van der Waals surface area contributed by atoms with Gasteiger partial charge in [-0.25, -0.2) is 9.78 Å². The summed E-state index contributed by atoms with van der Waals surface area (Å²) < 4.78 is 8.30. The molecule has 0 aliphatic carbocycles. The Hall–Kier alpha value is -2.56. The molecule has 160 valence electrons. The number of H-pyrrole nitrogens is 1. The molecule has 3 N–H and O–H groups in total. The zero-order valence-corrected chi connectivity index (χ0v) is 18.2. The first-order valence-corrected chi connectivity index (χ1v) is 10.7. The Morgan fingerprint density at radius 3 is 2.77 bits per heavy atom. The standard InChI is InChI=1S/C19H22ClN5O4S/c1-3-6-25-16(21)15(17(27)23-18(25)28)14(26)10-30-19-22-12-9-11(20)4-5-13(12)24(19)7-8-29-2/h4-5,9H,3,6-8,10,21H2,1-2H3,(H,23,27,28). The second kappa shape index (κ2) is 9.50. The average molecular weight is 452 g/mol. The molecule has 9 nitrogen and oxygen atoms in total. The van der Waals surface area contributed by atoms with Crippen molar-refractivity contribution in [2.24, 2.45) is 0 Å². The number of fused-ring (bicyclic) bond motifs is 1. The lowest BCUT2D eigenvalue weighted by Crippen LogP contribution is -2.36. The number of aromatic amines is 1. The number of ketones is 1. The smallest absolute Gasteiger partial charge is 0.329 e. The molecule has 0 bridgehead atoms. The molecule has 11 heteroatoms. The summed E-state index contributed by atoms with van der Waals surface area (Å²) in [7, 11) is 1.60. The van der Waals surface area contributed by atoms with Crippen LogP contribution in [0.15, 0.2) is 32.9 Å². The van der Waals surface area contributed by atoms with Gasteiger partial charge in [-0.2, -0.15) is 0 Å². The summed E-state index contributed by atoms with van der Waals surface area (Å²) in [5.41, 5.74) is 5.92. The number of nitrogens with two attached hydrogens (primary N) is 1. The third-order valence-corrected chi connectivity index (χ3v) is 5.70. The Bertz CT molecular complexity index is 1200. The van der Waals surface area contributed by atoms with Crippen LogP contribution in [0.2, 0.25) is 5.02 Å². The van der Waals surface area contributed by atoms with Crippen molar-refractivity contribution in [3.05, 3.63) is 49.6 Å². The van der Waals surface area contributed by atoms with Gasteiger partial charge in [-0.3, -0.25) is 19.1 Å². The quantitative estimate of drug-likeness (QED) is 0.377. The van der Waals surface area contributed by atoms with E-state index >= 15 is 0 Å². The van der Waals surface area contributed by atoms with Gasteiger partial charge in [-0.15, -0.1) is 0 Å². The van der Waals surface area contributed by atoms with Crippen molar-refractivity contribution in [3.63, 3.8) is 0 Å². The number of imidazole rings is 1. The van der Waals surface area contributed by atoms with Crippen molar-refractivity contribution < 1.29 is 9.53 Å². The van der Waals surface area contributed by atoms with E-state index in [0.717, 1.165) is 5.52 Å². The van der Waals surface area contributed by atoms with Crippen LogP contribution in [0.3, 0.4) is 0 Å². The molecule has 1 aromatic carbocycles. The lowest BCUT2D eigenvalue weighted by atomic mass is 10.2. The molecule has 2 heterocycles. The van der Waals surface area contributed by atoms with E-state index in [0.29, 0.717) is 41.8 Å². The lowest BCUT2D eigenvalue weighted by Gasteiger charge is -2.11. The molecule has 0 atom stereocenters. The van der Waals surface area contributed by atoms with E-state index in [1.54, 1.807) is 19.2 Å². The van der Waals surface area contributed by atoms with Crippen LogP contribution in [0.5, 0.6) is 0 Å². The Morgan fingerprint density at radius 1 is 1.30 bits per heavy atom. The molecule has 0 amide bonds. The van der Waals surface area contributed by atoms with Crippen LogP contribution >= 0.6 is 23.4 Å². The largest absolute Gasteiger partial charge is 0.384 e. The maximum Gasteiger partial charge on any atom is 0.329 e. The molecular formula is C19H22ClN5O4S. The molecule has 0 unspecified atom stereocenters. The highest BCUT2D eigenvalue weighted by Gasteiger charge is 2.21. The summed E-state index contributed by atoms with van der Waals surface area (Å²) in [5.74, 6) is -0.662. The number of nitrogen functional groups attached to an aromatic ring is 1. The Morgan fingerprint density at radius 2 is 2.07 bits per heavy atom. The van der Waals surface area contributed by atoms with Crippen LogP contribution in [0, 0.1) is 0 Å². The molecule has 0 aliphatic heterocycles. The maximum atomic E-state index is 12.8. The number of nitrogens with one attached hydrogen (secondary N) is 1. The van der Waals surface area contributed by atoms with Crippen molar-refractivity contribution in [3.8, 4) is 0 Å². The molecule has 2 aromatic heterocycles. The highest BCUT2D eigenvalue weighted by atomic mass is 35.5. The van der Waals surface area contributed by atoms with E-state index in [1.807, 2.05) is 17.6 Å². The lowest BCUT2D eigenvalue weighted by molar-refractivity contribution is 0.102. The van der Waals surface area contributed by atoms with Crippen LogP contribution in [-0.4, -0.2) is 44.4 Å².